The van der Waals surface area contributed by atoms with Crippen molar-refractivity contribution in [2.75, 3.05) is 20.3 Å². The molecule has 0 aliphatic heterocycles. The maximum atomic E-state index is 12.8. The van der Waals surface area contributed by atoms with Crippen molar-refractivity contribution in [3.63, 3.8) is 0 Å². The van der Waals surface area contributed by atoms with E-state index < -0.39 is 5.97 Å². The van der Waals surface area contributed by atoms with Crippen LogP contribution in [0.1, 0.15) is 53.1 Å². The lowest BCUT2D eigenvalue weighted by atomic mass is 9.87. The van der Waals surface area contributed by atoms with Crippen LogP contribution in [0.15, 0.2) is 52.9 Å². The number of ether oxygens (including phenoxy) is 2. The Morgan fingerprint density at radius 3 is 2.74 bits per heavy atom. The van der Waals surface area contributed by atoms with Crippen LogP contribution in [0.5, 0.6) is 0 Å². The van der Waals surface area contributed by atoms with E-state index in [9.17, 15) is 9.59 Å². The molecule has 0 N–H and O–H groups in total. The number of esters is 1. The summed E-state index contributed by atoms with van der Waals surface area (Å²) in [5.41, 5.74) is 3.68. The summed E-state index contributed by atoms with van der Waals surface area (Å²) >= 11 is 0. The SMILES string of the molecule is CCOCc1c(C(=O)OCC(=O)N(C)[C@@H]2CCCc3ccccc32)oc2ccccc12. The Bertz CT molecular complexity index is 1090. The van der Waals surface area contributed by atoms with Crippen LogP contribution in [0.4, 0.5) is 0 Å². The van der Waals surface area contributed by atoms with Gasteiger partial charge in [-0.25, -0.2) is 4.79 Å². The fraction of sp³-hybridized carbons (Fsp3) is 0.360. The lowest BCUT2D eigenvalue weighted by Gasteiger charge is -2.33. The summed E-state index contributed by atoms with van der Waals surface area (Å²) in [6.45, 7) is 2.31. The van der Waals surface area contributed by atoms with Gasteiger partial charge in [-0.05, 0) is 43.4 Å². The zero-order valence-electron chi connectivity index (χ0n) is 17.9. The molecule has 6 nitrogen and oxygen atoms in total. The second kappa shape index (κ2) is 9.35. The number of rotatable bonds is 7. The topological polar surface area (TPSA) is 69.0 Å². The molecule has 162 valence electrons. The van der Waals surface area contributed by atoms with Gasteiger partial charge in [0.1, 0.15) is 5.58 Å². The zero-order chi connectivity index (χ0) is 21.8. The van der Waals surface area contributed by atoms with E-state index in [1.54, 1.807) is 18.0 Å². The van der Waals surface area contributed by atoms with Crippen LogP contribution in [0.25, 0.3) is 11.0 Å². The minimum atomic E-state index is -0.656. The molecular formula is C25H27NO5. The first-order valence-electron chi connectivity index (χ1n) is 10.7. The number of benzene rings is 2. The summed E-state index contributed by atoms with van der Waals surface area (Å²) in [5.74, 6) is -0.803. The molecule has 2 aromatic carbocycles. The standard InChI is InChI=1S/C25H27NO5/c1-3-29-15-20-19-12-6-7-14-22(19)31-24(20)25(28)30-16-23(27)26(2)21-13-8-10-17-9-4-5-11-18(17)21/h4-7,9,11-12,14,21H,3,8,10,13,15-16H2,1-2H3/t21-/m1/s1. The second-order valence-electron chi connectivity index (χ2n) is 7.73. The molecule has 1 heterocycles. The average molecular weight is 421 g/mol. The molecule has 4 rings (SSSR count). The molecule has 6 heteroatoms. The van der Waals surface area contributed by atoms with Gasteiger partial charge in [-0.15, -0.1) is 0 Å². The largest absolute Gasteiger partial charge is 0.450 e. The molecule has 0 saturated heterocycles. The minimum Gasteiger partial charge on any atom is -0.450 e. The monoisotopic (exact) mass is 421 g/mol. The van der Waals surface area contributed by atoms with Crippen LogP contribution >= 0.6 is 0 Å². The molecule has 0 fully saturated rings. The van der Waals surface area contributed by atoms with Gasteiger partial charge in [-0.2, -0.15) is 0 Å². The fourth-order valence-electron chi connectivity index (χ4n) is 4.21. The number of carbonyl (C=O) groups excluding carboxylic acids is 2. The van der Waals surface area contributed by atoms with Gasteiger partial charge in [0.15, 0.2) is 6.61 Å². The van der Waals surface area contributed by atoms with E-state index in [2.05, 4.69) is 12.1 Å². The first kappa shape index (κ1) is 21.1. The summed E-state index contributed by atoms with van der Waals surface area (Å²) in [7, 11) is 1.77. The second-order valence-corrected chi connectivity index (χ2v) is 7.73. The lowest BCUT2D eigenvalue weighted by Crippen LogP contribution is -2.36. The van der Waals surface area contributed by atoms with Crippen molar-refractivity contribution >= 4 is 22.8 Å². The number of fused-ring (bicyclic) bond motifs is 2. The van der Waals surface area contributed by atoms with Gasteiger partial charge >= 0.3 is 5.97 Å². The number of aryl methyl sites for hydroxylation is 1. The maximum Gasteiger partial charge on any atom is 0.375 e. The molecule has 3 aromatic rings. The summed E-state index contributed by atoms with van der Waals surface area (Å²) in [4.78, 5) is 27.3. The van der Waals surface area contributed by atoms with Crippen LogP contribution in [0.2, 0.25) is 0 Å². The van der Waals surface area contributed by atoms with Crippen molar-refractivity contribution in [3.8, 4) is 0 Å². The van der Waals surface area contributed by atoms with Gasteiger partial charge in [0, 0.05) is 24.6 Å². The minimum absolute atomic E-state index is 0.00383. The number of furan rings is 1. The van der Waals surface area contributed by atoms with Crippen molar-refractivity contribution in [3.05, 3.63) is 71.0 Å². The van der Waals surface area contributed by atoms with Crippen molar-refractivity contribution < 1.29 is 23.5 Å². The highest BCUT2D eigenvalue weighted by Gasteiger charge is 2.28. The average Bonchev–Trinajstić information content (AvgIpc) is 3.18. The van der Waals surface area contributed by atoms with E-state index in [-0.39, 0.29) is 30.9 Å². The summed E-state index contributed by atoms with van der Waals surface area (Å²) in [6.07, 6.45) is 2.95. The van der Waals surface area contributed by atoms with E-state index in [0.29, 0.717) is 17.8 Å². The first-order valence-corrected chi connectivity index (χ1v) is 10.7. The van der Waals surface area contributed by atoms with E-state index in [1.807, 2.05) is 37.3 Å². The molecule has 31 heavy (non-hydrogen) atoms. The van der Waals surface area contributed by atoms with Crippen molar-refractivity contribution in [2.24, 2.45) is 0 Å². The molecule has 1 aliphatic rings. The summed E-state index contributed by atoms with van der Waals surface area (Å²) < 4.78 is 16.6. The summed E-state index contributed by atoms with van der Waals surface area (Å²) in [6, 6.07) is 15.6. The number of likely N-dealkylation sites (N-methyl/N-ethyl adjacent to an activating group) is 1. The number of hydrogen-bond donors (Lipinski definition) is 0. The highest BCUT2D eigenvalue weighted by Crippen LogP contribution is 2.33. The number of para-hydroxylation sites is 1. The van der Waals surface area contributed by atoms with Crippen LogP contribution in [0, 0.1) is 0 Å². The molecule has 1 aromatic heterocycles. The van der Waals surface area contributed by atoms with E-state index in [1.165, 1.54) is 11.1 Å². The van der Waals surface area contributed by atoms with Crippen LogP contribution in [-0.4, -0.2) is 37.0 Å². The first-order chi connectivity index (χ1) is 15.1. The van der Waals surface area contributed by atoms with E-state index in [4.69, 9.17) is 13.9 Å². The van der Waals surface area contributed by atoms with Crippen molar-refractivity contribution in [1.82, 2.24) is 4.90 Å². The molecule has 1 aliphatic carbocycles. The predicted molar refractivity (Wildman–Crippen MR) is 117 cm³/mol. The van der Waals surface area contributed by atoms with Crippen LogP contribution in [0.3, 0.4) is 0 Å². The smallest absolute Gasteiger partial charge is 0.375 e. The fourth-order valence-corrected chi connectivity index (χ4v) is 4.21. The highest BCUT2D eigenvalue weighted by molar-refractivity contribution is 5.96. The van der Waals surface area contributed by atoms with Gasteiger partial charge in [-0.1, -0.05) is 42.5 Å². The molecular weight excluding hydrogens is 394 g/mol. The predicted octanol–water partition coefficient (Wildman–Crippen LogP) is 4.66. The third-order valence-electron chi connectivity index (χ3n) is 5.86. The molecule has 0 bridgehead atoms. The third kappa shape index (κ3) is 4.35. The highest BCUT2D eigenvalue weighted by atomic mass is 16.5. The van der Waals surface area contributed by atoms with E-state index in [0.717, 1.165) is 24.6 Å². The van der Waals surface area contributed by atoms with Crippen molar-refractivity contribution in [2.45, 2.75) is 38.8 Å². The Balaban J connectivity index is 1.46. The molecule has 0 unspecified atom stereocenters. The molecule has 0 radical (unpaired) electrons. The Morgan fingerprint density at radius 1 is 1.13 bits per heavy atom. The van der Waals surface area contributed by atoms with Gasteiger partial charge in [0.25, 0.3) is 5.91 Å². The van der Waals surface area contributed by atoms with Crippen molar-refractivity contribution in [1.29, 1.82) is 0 Å². The maximum absolute atomic E-state index is 12.8. The Kier molecular flexibility index (Phi) is 6.37. The van der Waals surface area contributed by atoms with Crippen LogP contribution in [-0.2, 0) is 27.3 Å². The molecule has 0 saturated carbocycles. The zero-order valence-corrected chi connectivity index (χ0v) is 17.9. The van der Waals surface area contributed by atoms with E-state index >= 15 is 0 Å². The molecule has 1 atom stereocenters. The van der Waals surface area contributed by atoms with Gasteiger partial charge in [0.2, 0.25) is 5.76 Å². The van der Waals surface area contributed by atoms with Gasteiger partial charge in [0.05, 0.1) is 12.6 Å². The summed E-state index contributed by atoms with van der Waals surface area (Å²) in [5, 5.41) is 0.810. The number of amides is 1. The third-order valence-corrected chi connectivity index (χ3v) is 5.86. The number of carbonyl (C=O) groups is 2. The Hall–Kier alpha value is -3.12. The van der Waals surface area contributed by atoms with Gasteiger partial charge in [-0.3, -0.25) is 4.79 Å². The normalized spacial score (nSPS) is 15.5. The number of nitrogens with zero attached hydrogens (tertiary/aromatic N) is 1. The Labute approximate surface area is 181 Å². The lowest BCUT2D eigenvalue weighted by molar-refractivity contribution is -0.135. The Morgan fingerprint density at radius 2 is 1.90 bits per heavy atom. The number of hydrogen-bond acceptors (Lipinski definition) is 5. The van der Waals surface area contributed by atoms with Gasteiger partial charge < -0.3 is 18.8 Å². The molecule has 1 amide bonds. The molecule has 0 spiro atoms. The quantitative estimate of drug-likeness (QED) is 0.519. The van der Waals surface area contributed by atoms with Crippen LogP contribution < -0.4 is 0 Å².